The van der Waals surface area contributed by atoms with Crippen LogP contribution in [-0.4, -0.2) is 40.0 Å². The van der Waals surface area contributed by atoms with Gasteiger partial charge in [0, 0.05) is 18.8 Å². The summed E-state index contributed by atoms with van der Waals surface area (Å²) in [6.07, 6.45) is 3.15. The summed E-state index contributed by atoms with van der Waals surface area (Å²) in [6, 6.07) is 6.07. The summed E-state index contributed by atoms with van der Waals surface area (Å²) >= 11 is 0. The molecule has 1 heterocycles. The molecule has 2 amide bonds. The maximum absolute atomic E-state index is 12.4. The van der Waals surface area contributed by atoms with E-state index in [-0.39, 0.29) is 22.6 Å². The molecule has 23 heavy (non-hydrogen) atoms. The third-order valence-electron chi connectivity index (χ3n) is 4.20. The molecule has 126 valence electrons. The summed E-state index contributed by atoms with van der Waals surface area (Å²) in [7, 11) is -3.31. The van der Waals surface area contributed by atoms with Gasteiger partial charge in [-0.05, 0) is 55.4 Å². The van der Waals surface area contributed by atoms with Gasteiger partial charge in [0.25, 0.3) is 0 Å². The minimum Gasteiger partial charge on any atom is -0.381 e. The molecule has 1 aromatic rings. The molecule has 1 aliphatic heterocycles. The molecule has 2 aliphatic rings. The Balaban J connectivity index is 1.55. The van der Waals surface area contributed by atoms with E-state index in [1.54, 1.807) is 24.3 Å². The number of amides is 2. The first-order valence-corrected chi connectivity index (χ1v) is 9.63. The Morgan fingerprint density at radius 3 is 2.48 bits per heavy atom. The predicted molar refractivity (Wildman–Crippen MR) is 87.2 cm³/mol. The Hall–Kier alpha value is -1.60. The van der Waals surface area contributed by atoms with Crippen molar-refractivity contribution in [3.63, 3.8) is 0 Å². The van der Waals surface area contributed by atoms with E-state index in [4.69, 9.17) is 4.74 Å². The van der Waals surface area contributed by atoms with Gasteiger partial charge in [-0.25, -0.2) is 13.2 Å². The van der Waals surface area contributed by atoms with Crippen molar-refractivity contribution in [3.05, 3.63) is 24.3 Å². The van der Waals surface area contributed by atoms with E-state index in [1.807, 2.05) is 0 Å². The van der Waals surface area contributed by atoms with Crippen LogP contribution in [0.5, 0.6) is 0 Å². The van der Waals surface area contributed by atoms with Gasteiger partial charge in [-0.3, -0.25) is 0 Å². The monoisotopic (exact) mass is 338 g/mol. The SMILES string of the molecule is O=C(NCC1CC1)Nc1ccc(S(=O)(=O)C[C@@H]2CCOC2)cc1. The van der Waals surface area contributed by atoms with Crippen LogP contribution in [0.4, 0.5) is 10.5 Å². The van der Waals surface area contributed by atoms with Crippen molar-refractivity contribution in [2.45, 2.75) is 24.2 Å². The summed E-state index contributed by atoms with van der Waals surface area (Å²) in [5, 5.41) is 5.52. The van der Waals surface area contributed by atoms with Crippen LogP contribution < -0.4 is 10.6 Å². The average molecular weight is 338 g/mol. The number of sulfone groups is 1. The normalized spacial score (nSPS) is 21.1. The number of carbonyl (C=O) groups excluding carboxylic acids is 1. The Morgan fingerprint density at radius 1 is 1.13 bits per heavy atom. The van der Waals surface area contributed by atoms with Gasteiger partial charge in [0.15, 0.2) is 9.84 Å². The number of rotatable bonds is 6. The fourth-order valence-electron chi connectivity index (χ4n) is 2.60. The third-order valence-corrected chi connectivity index (χ3v) is 6.10. The van der Waals surface area contributed by atoms with Gasteiger partial charge in [0.05, 0.1) is 17.3 Å². The molecule has 1 aromatic carbocycles. The predicted octanol–water partition coefficient (Wildman–Crippen LogP) is 2.03. The molecule has 1 aliphatic carbocycles. The lowest BCUT2D eigenvalue weighted by molar-refractivity contribution is 0.188. The lowest BCUT2D eigenvalue weighted by atomic mass is 10.2. The zero-order chi connectivity index (χ0) is 16.3. The third kappa shape index (κ3) is 4.68. The first-order valence-electron chi connectivity index (χ1n) is 7.98. The van der Waals surface area contributed by atoms with Crippen LogP contribution in [0.3, 0.4) is 0 Å². The highest BCUT2D eigenvalue weighted by molar-refractivity contribution is 7.91. The van der Waals surface area contributed by atoms with Crippen molar-refractivity contribution in [2.75, 3.05) is 30.8 Å². The molecule has 0 radical (unpaired) electrons. The number of benzene rings is 1. The molecule has 3 rings (SSSR count). The molecule has 1 saturated carbocycles. The largest absolute Gasteiger partial charge is 0.381 e. The van der Waals surface area contributed by atoms with Crippen LogP contribution in [0.25, 0.3) is 0 Å². The first-order chi connectivity index (χ1) is 11.0. The minimum atomic E-state index is -3.31. The summed E-state index contributed by atoms with van der Waals surface area (Å²) < 4.78 is 29.9. The van der Waals surface area contributed by atoms with E-state index in [0.717, 1.165) is 6.42 Å². The molecule has 0 aromatic heterocycles. The fourth-order valence-corrected chi connectivity index (χ4v) is 4.23. The van der Waals surface area contributed by atoms with Gasteiger partial charge < -0.3 is 15.4 Å². The molecule has 1 saturated heterocycles. The molecule has 1 atom stereocenters. The lowest BCUT2D eigenvalue weighted by Crippen LogP contribution is -2.30. The van der Waals surface area contributed by atoms with E-state index in [9.17, 15) is 13.2 Å². The second-order valence-electron chi connectivity index (χ2n) is 6.31. The van der Waals surface area contributed by atoms with Crippen LogP contribution in [-0.2, 0) is 14.6 Å². The van der Waals surface area contributed by atoms with Crippen LogP contribution >= 0.6 is 0 Å². The average Bonchev–Trinajstić information content (AvgIpc) is 3.22. The van der Waals surface area contributed by atoms with Crippen LogP contribution in [0.2, 0.25) is 0 Å². The van der Waals surface area contributed by atoms with E-state index < -0.39 is 9.84 Å². The highest BCUT2D eigenvalue weighted by Crippen LogP contribution is 2.27. The van der Waals surface area contributed by atoms with Crippen LogP contribution in [0.15, 0.2) is 29.2 Å². The Kier molecular flexibility index (Phi) is 4.87. The lowest BCUT2D eigenvalue weighted by Gasteiger charge is -2.10. The second kappa shape index (κ2) is 6.88. The van der Waals surface area contributed by atoms with E-state index in [0.29, 0.717) is 31.4 Å². The highest BCUT2D eigenvalue weighted by Gasteiger charge is 2.25. The number of nitrogens with one attached hydrogen (secondary N) is 2. The smallest absolute Gasteiger partial charge is 0.319 e. The van der Waals surface area contributed by atoms with E-state index in [2.05, 4.69) is 10.6 Å². The van der Waals surface area contributed by atoms with Crippen molar-refractivity contribution in [1.29, 1.82) is 0 Å². The summed E-state index contributed by atoms with van der Waals surface area (Å²) in [5.41, 5.74) is 0.585. The molecule has 2 N–H and O–H groups in total. The molecule has 0 bridgehead atoms. The highest BCUT2D eigenvalue weighted by atomic mass is 32.2. The molecular formula is C16H22N2O4S. The number of hydrogen-bond donors (Lipinski definition) is 2. The Morgan fingerprint density at radius 2 is 1.87 bits per heavy atom. The van der Waals surface area contributed by atoms with Crippen molar-refractivity contribution in [1.82, 2.24) is 5.32 Å². The number of hydrogen-bond acceptors (Lipinski definition) is 4. The van der Waals surface area contributed by atoms with Crippen molar-refractivity contribution < 1.29 is 17.9 Å². The number of anilines is 1. The molecule has 7 heteroatoms. The maximum Gasteiger partial charge on any atom is 0.319 e. The summed E-state index contributed by atoms with van der Waals surface area (Å²) in [6.45, 7) is 1.85. The van der Waals surface area contributed by atoms with Gasteiger partial charge in [0.1, 0.15) is 0 Å². The fraction of sp³-hybridized carbons (Fsp3) is 0.562. The van der Waals surface area contributed by atoms with Gasteiger partial charge in [-0.15, -0.1) is 0 Å². The Labute approximate surface area is 136 Å². The summed E-state index contributed by atoms with van der Waals surface area (Å²) in [4.78, 5) is 12.0. The standard InChI is InChI=1S/C16H22N2O4S/c19-16(17-9-12-1-2-12)18-14-3-5-15(6-4-14)23(20,21)11-13-7-8-22-10-13/h3-6,12-13H,1-2,7-11H2,(H2,17,18,19)/t13-/m1/s1. The molecule has 0 unspecified atom stereocenters. The van der Waals surface area contributed by atoms with Gasteiger partial charge in [-0.2, -0.15) is 0 Å². The molecule has 0 spiro atoms. The van der Waals surface area contributed by atoms with E-state index in [1.165, 1.54) is 12.8 Å². The topological polar surface area (TPSA) is 84.5 Å². The Bertz CT molecular complexity index is 647. The molecule has 2 fully saturated rings. The van der Waals surface area contributed by atoms with Crippen LogP contribution in [0.1, 0.15) is 19.3 Å². The molecular weight excluding hydrogens is 316 g/mol. The zero-order valence-corrected chi connectivity index (χ0v) is 13.8. The zero-order valence-electron chi connectivity index (χ0n) is 13.0. The number of ether oxygens (including phenoxy) is 1. The van der Waals surface area contributed by atoms with Crippen molar-refractivity contribution in [3.8, 4) is 0 Å². The molecule has 6 nitrogen and oxygen atoms in total. The van der Waals surface area contributed by atoms with Gasteiger partial charge >= 0.3 is 6.03 Å². The van der Waals surface area contributed by atoms with Crippen LogP contribution in [0, 0.1) is 11.8 Å². The number of urea groups is 1. The first kappa shape index (κ1) is 16.3. The summed E-state index contributed by atoms with van der Waals surface area (Å²) in [5.74, 6) is 0.806. The second-order valence-corrected chi connectivity index (χ2v) is 8.35. The van der Waals surface area contributed by atoms with Crippen molar-refractivity contribution in [2.24, 2.45) is 11.8 Å². The van der Waals surface area contributed by atoms with Gasteiger partial charge in [0.2, 0.25) is 0 Å². The van der Waals surface area contributed by atoms with Gasteiger partial charge in [-0.1, -0.05) is 0 Å². The quantitative estimate of drug-likeness (QED) is 0.831. The number of carbonyl (C=O) groups is 1. The maximum atomic E-state index is 12.4. The van der Waals surface area contributed by atoms with E-state index >= 15 is 0 Å². The van der Waals surface area contributed by atoms with Crippen molar-refractivity contribution >= 4 is 21.6 Å². The minimum absolute atomic E-state index is 0.0750.